The number of methoxy groups -OCH3 is 1. The van der Waals surface area contributed by atoms with E-state index in [9.17, 15) is 10.2 Å². The Hall–Kier alpha value is -0.850. The molecule has 14 heavy (non-hydrogen) atoms. The number of ether oxygens (including phenoxy) is 2. The van der Waals surface area contributed by atoms with Crippen LogP contribution in [0.15, 0.2) is 5.11 Å². The van der Waals surface area contributed by atoms with Crippen molar-refractivity contribution in [1.82, 2.24) is 0 Å². The van der Waals surface area contributed by atoms with Crippen LogP contribution in [0.25, 0.3) is 10.4 Å². The summed E-state index contributed by atoms with van der Waals surface area (Å²) in [5.41, 5.74) is 8.24. The number of aliphatic hydroxyl groups is 2. The smallest absolute Gasteiger partial charge is 0.185 e. The van der Waals surface area contributed by atoms with Crippen molar-refractivity contribution in [2.24, 2.45) is 5.11 Å². The van der Waals surface area contributed by atoms with Crippen LogP contribution < -0.4 is 0 Å². The quantitative estimate of drug-likeness (QED) is 0.367. The molecule has 0 aliphatic carbocycles. The van der Waals surface area contributed by atoms with Gasteiger partial charge < -0.3 is 19.7 Å². The fourth-order valence-electron chi connectivity index (χ4n) is 1.43. The molecule has 0 aromatic heterocycles. The minimum atomic E-state index is -1.20. The van der Waals surface area contributed by atoms with Crippen LogP contribution in [0.2, 0.25) is 0 Å². The number of hydrogen-bond donors (Lipinski definition) is 2. The molecule has 1 fully saturated rings. The van der Waals surface area contributed by atoms with Crippen LogP contribution in [0.4, 0.5) is 0 Å². The number of aliphatic hydroxyl groups excluding tert-OH is 2. The minimum absolute atomic E-state index is 0.491. The summed E-state index contributed by atoms with van der Waals surface area (Å²) in [5, 5.41) is 22.4. The summed E-state index contributed by atoms with van der Waals surface area (Å²) >= 11 is 0. The van der Waals surface area contributed by atoms with Crippen molar-refractivity contribution in [3.05, 3.63) is 10.4 Å². The molecule has 5 atom stereocenters. The van der Waals surface area contributed by atoms with Crippen LogP contribution in [-0.2, 0) is 9.47 Å². The predicted molar refractivity (Wildman–Crippen MR) is 46.3 cm³/mol. The first-order valence-electron chi connectivity index (χ1n) is 4.20. The summed E-state index contributed by atoms with van der Waals surface area (Å²) in [4.78, 5) is 2.58. The van der Waals surface area contributed by atoms with Gasteiger partial charge >= 0.3 is 0 Å². The van der Waals surface area contributed by atoms with E-state index in [0.29, 0.717) is 0 Å². The number of hydrogen-bond acceptors (Lipinski definition) is 5. The molecule has 1 saturated heterocycles. The highest BCUT2D eigenvalue weighted by molar-refractivity contribution is 4.92. The van der Waals surface area contributed by atoms with Crippen LogP contribution in [0.5, 0.6) is 0 Å². The van der Waals surface area contributed by atoms with Crippen LogP contribution in [0.1, 0.15) is 6.92 Å². The second-order valence-electron chi connectivity index (χ2n) is 3.12. The standard InChI is InChI=1S/C7H13N3O4/c1-3-4(9-10-8)5(11)6(12)7(13-2)14-3/h3-7,11-12H,1-2H3/t3-,4-,5+,6+,7+/m0/s1. The SMILES string of the molecule is CO[C@@H]1O[C@@H](C)[C@H](N=[N+]=[N-])[C@@H](O)[C@H]1O. The van der Waals surface area contributed by atoms with Crippen molar-refractivity contribution in [2.75, 3.05) is 7.11 Å². The maximum Gasteiger partial charge on any atom is 0.185 e. The lowest BCUT2D eigenvalue weighted by atomic mass is 9.98. The van der Waals surface area contributed by atoms with Crippen LogP contribution in [-0.4, -0.2) is 48.0 Å². The van der Waals surface area contributed by atoms with Crippen molar-refractivity contribution in [2.45, 2.75) is 37.6 Å². The van der Waals surface area contributed by atoms with E-state index in [2.05, 4.69) is 10.0 Å². The Labute approximate surface area is 80.9 Å². The van der Waals surface area contributed by atoms with Gasteiger partial charge in [0.2, 0.25) is 0 Å². The third-order valence-corrected chi connectivity index (χ3v) is 2.23. The van der Waals surface area contributed by atoms with Gasteiger partial charge in [0.1, 0.15) is 6.10 Å². The van der Waals surface area contributed by atoms with E-state index in [1.54, 1.807) is 6.92 Å². The zero-order chi connectivity index (χ0) is 10.7. The number of rotatable bonds is 2. The molecule has 7 nitrogen and oxygen atoms in total. The molecule has 1 rings (SSSR count). The van der Waals surface area contributed by atoms with Gasteiger partial charge in [-0.2, -0.15) is 0 Å². The molecular weight excluding hydrogens is 190 g/mol. The lowest BCUT2D eigenvalue weighted by Crippen LogP contribution is -2.56. The molecule has 0 amide bonds. The summed E-state index contributed by atoms with van der Waals surface area (Å²) in [6.07, 6.45) is -3.74. The Morgan fingerprint density at radius 2 is 2.07 bits per heavy atom. The van der Waals surface area contributed by atoms with Gasteiger partial charge in [-0.3, -0.25) is 0 Å². The van der Waals surface area contributed by atoms with Crippen molar-refractivity contribution >= 4 is 0 Å². The maximum absolute atomic E-state index is 9.57. The van der Waals surface area contributed by atoms with Crippen LogP contribution >= 0.6 is 0 Å². The number of azide groups is 1. The molecule has 80 valence electrons. The Balaban J connectivity index is 2.78. The summed E-state index contributed by atoms with van der Waals surface area (Å²) in [7, 11) is 1.36. The van der Waals surface area contributed by atoms with Crippen molar-refractivity contribution in [1.29, 1.82) is 0 Å². The Bertz CT molecular complexity index is 243. The second kappa shape index (κ2) is 4.59. The van der Waals surface area contributed by atoms with E-state index >= 15 is 0 Å². The molecular formula is C7H13N3O4. The largest absolute Gasteiger partial charge is 0.390 e. The van der Waals surface area contributed by atoms with E-state index in [-0.39, 0.29) is 0 Å². The predicted octanol–water partition coefficient (Wildman–Crippen LogP) is -0.222. The van der Waals surface area contributed by atoms with Crippen molar-refractivity contribution in [3.8, 4) is 0 Å². The van der Waals surface area contributed by atoms with Gasteiger partial charge in [-0.25, -0.2) is 0 Å². The average molecular weight is 203 g/mol. The lowest BCUT2D eigenvalue weighted by Gasteiger charge is -2.38. The van der Waals surface area contributed by atoms with Crippen LogP contribution in [0, 0.1) is 0 Å². The highest BCUT2D eigenvalue weighted by Gasteiger charge is 2.42. The normalized spacial score (nSPS) is 43.0. The van der Waals surface area contributed by atoms with Crippen molar-refractivity contribution in [3.63, 3.8) is 0 Å². The van der Waals surface area contributed by atoms with Gasteiger partial charge in [0, 0.05) is 12.0 Å². The highest BCUT2D eigenvalue weighted by atomic mass is 16.7. The third-order valence-electron chi connectivity index (χ3n) is 2.23. The van der Waals surface area contributed by atoms with Crippen LogP contribution in [0.3, 0.4) is 0 Å². The molecule has 0 aromatic rings. The fraction of sp³-hybridized carbons (Fsp3) is 1.00. The average Bonchev–Trinajstić information content (AvgIpc) is 2.18. The molecule has 0 radical (unpaired) electrons. The molecule has 2 N–H and O–H groups in total. The first kappa shape index (κ1) is 11.2. The first-order valence-corrected chi connectivity index (χ1v) is 4.20. The van der Waals surface area contributed by atoms with Gasteiger partial charge in [0.05, 0.1) is 18.2 Å². The summed E-state index contributed by atoms with van der Waals surface area (Å²) in [6, 6.07) is -0.790. The summed E-state index contributed by atoms with van der Waals surface area (Å²) in [5.74, 6) is 0. The van der Waals surface area contributed by atoms with E-state index < -0.39 is 30.6 Å². The summed E-state index contributed by atoms with van der Waals surface area (Å²) in [6.45, 7) is 1.64. The Morgan fingerprint density at radius 3 is 2.57 bits per heavy atom. The van der Waals surface area contributed by atoms with Gasteiger partial charge in [-0.15, -0.1) is 0 Å². The zero-order valence-electron chi connectivity index (χ0n) is 7.94. The maximum atomic E-state index is 9.57. The topological polar surface area (TPSA) is 108 Å². The Kier molecular flexibility index (Phi) is 3.68. The fourth-order valence-corrected chi connectivity index (χ4v) is 1.43. The zero-order valence-corrected chi connectivity index (χ0v) is 7.94. The van der Waals surface area contributed by atoms with Crippen molar-refractivity contribution < 1.29 is 19.7 Å². The molecule has 1 heterocycles. The molecule has 0 saturated carbocycles. The minimum Gasteiger partial charge on any atom is -0.390 e. The van der Waals surface area contributed by atoms with Gasteiger partial charge in [0.15, 0.2) is 6.29 Å². The van der Waals surface area contributed by atoms with E-state index in [4.69, 9.17) is 15.0 Å². The molecule has 7 heteroatoms. The van der Waals surface area contributed by atoms with E-state index in [1.807, 2.05) is 0 Å². The molecule has 1 aliphatic rings. The third kappa shape index (κ3) is 1.97. The van der Waals surface area contributed by atoms with E-state index in [0.717, 1.165) is 0 Å². The van der Waals surface area contributed by atoms with Gasteiger partial charge in [-0.1, -0.05) is 5.11 Å². The molecule has 1 aliphatic heterocycles. The molecule has 0 bridgehead atoms. The lowest BCUT2D eigenvalue weighted by molar-refractivity contribution is -0.260. The van der Waals surface area contributed by atoms with Gasteiger partial charge in [0.25, 0.3) is 0 Å². The molecule has 0 unspecified atom stereocenters. The van der Waals surface area contributed by atoms with Gasteiger partial charge in [-0.05, 0) is 12.5 Å². The monoisotopic (exact) mass is 203 g/mol. The molecule has 0 aromatic carbocycles. The number of nitrogens with zero attached hydrogens (tertiary/aromatic N) is 3. The Morgan fingerprint density at radius 1 is 1.43 bits per heavy atom. The highest BCUT2D eigenvalue weighted by Crippen LogP contribution is 2.23. The summed E-state index contributed by atoms with van der Waals surface area (Å²) < 4.78 is 9.99. The molecule has 0 spiro atoms. The first-order chi connectivity index (χ1) is 6.61. The second-order valence-corrected chi connectivity index (χ2v) is 3.12. The van der Waals surface area contributed by atoms with E-state index in [1.165, 1.54) is 7.11 Å².